The van der Waals surface area contributed by atoms with Gasteiger partial charge in [-0.15, -0.1) is 0 Å². The second-order valence-corrected chi connectivity index (χ2v) is 7.52. The molecule has 0 saturated carbocycles. The highest BCUT2D eigenvalue weighted by Crippen LogP contribution is 2.20. The number of nitrogens with one attached hydrogen (secondary N) is 1. The van der Waals surface area contributed by atoms with Gasteiger partial charge in [0.1, 0.15) is 0 Å². The molecule has 1 N–H and O–H groups in total. The van der Waals surface area contributed by atoms with Gasteiger partial charge in [-0.25, -0.2) is 4.98 Å². The van der Waals surface area contributed by atoms with E-state index in [0.717, 1.165) is 19.6 Å². The number of hydrogen-bond donors (Lipinski definition) is 1. The van der Waals surface area contributed by atoms with Gasteiger partial charge < -0.3 is 14.8 Å². The molecule has 1 aromatic heterocycles. The van der Waals surface area contributed by atoms with E-state index in [0.29, 0.717) is 0 Å². The minimum atomic E-state index is 0.133. The molecule has 0 atom stereocenters. The van der Waals surface area contributed by atoms with Gasteiger partial charge >= 0.3 is 0 Å². The molecule has 0 radical (unpaired) electrons. The molecule has 1 heterocycles. The second-order valence-electron chi connectivity index (χ2n) is 7.52. The van der Waals surface area contributed by atoms with Crippen molar-refractivity contribution in [3.8, 4) is 0 Å². The van der Waals surface area contributed by atoms with Crippen LogP contribution >= 0.6 is 0 Å². The number of rotatable bonds is 6. The van der Waals surface area contributed by atoms with Gasteiger partial charge in [0.05, 0.1) is 12.0 Å². The van der Waals surface area contributed by atoms with E-state index in [-0.39, 0.29) is 11.0 Å². The van der Waals surface area contributed by atoms with E-state index in [9.17, 15) is 0 Å². The zero-order valence-electron chi connectivity index (χ0n) is 13.6. The van der Waals surface area contributed by atoms with Gasteiger partial charge in [-0.05, 0) is 40.3 Å². The van der Waals surface area contributed by atoms with Crippen LogP contribution in [0.4, 0.5) is 0 Å². The Balaban J connectivity index is 2.67. The van der Waals surface area contributed by atoms with Gasteiger partial charge in [0.15, 0.2) is 0 Å². The van der Waals surface area contributed by atoms with E-state index in [1.165, 1.54) is 5.69 Å². The summed E-state index contributed by atoms with van der Waals surface area (Å²) in [6.07, 6.45) is 3.90. The average Bonchev–Trinajstić information content (AvgIpc) is 2.57. The van der Waals surface area contributed by atoms with Crippen molar-refractivity contribution in [2.75, 3.05) is 20.6 Å². The minimum Gasteiger partial charge on any atom is -0.333 e. The quantitative estimate of drug-likeness (QED) is 0.858. The molecule has 0 fully saturated rings. The summed E-state index contributed by atoms with van der Waals surface area (Å²) in [6.45, 7) is 14.1. The molecule has 0 spiro atoms. The molecule has 0 aliphatic heterocycles. The Morgan fingerprint density at radius 3 is 2.37 bits per heavy atom. The Bertz CT molecular complexity index is 385. The molecule has 19 heavy (non-hydrogen) atoms. The van der Waals surface area contributed by atoms with Crippen LogP contribution in [0.3, 0.4) is 0 Å². The molecule has 0 bridgehead atoms. The Labute approximate surface area is 118 Å². The van der Waals surface area contributed by atoms with Crippen molar-refractivity contribution in [2.45, 2.75) is 53.2 Å². The van der Waals surface area contributed by atoms with E-state index in [2.05, 4.69) is 68.5 Å². The zero-order chi connectivity index (χ0) is 14.7. The fourth-order valence-electron chi connectivity index (χ4n) is 2.36. The third-order valence-electron chi connectivity index (χ3n) is 2.94. The molecule has 0 amide bonds. The fourth-order valence-corrected chi connectivity index (χ4v) is 2.36. The van der Waals surface area contributed by atoms with E-state index < -0.39 is 0 Å². The summed E-state index contributed by atoms with van der Waals surface area (Å²) in [4.78, 5) is 6.54. The maximum atomic E-state index is 4.30. The Hall–Kier alpha value is -0.870. The van der Waals surface area contributed by atoms with E-state index in [1.54, 1.807) is 0 Å². The average molecular weight is 266 g/mol. The monoisotopic (exact) mass is 266 g/mol. The summed E-state index contributed by atoms with van der Waals surface area (Å²) in [5, 5.41) is 3.52. The van der Waals surface area contributed by atoms with Crippen molar-refractivity contribution < 1.29 is 0 Å². The lowest BCUT2D eigenvalue weighted by molar-refractivity contribution is 0.209. The van der Waals surface area contributed by atoms with Crippen LogP contribution in [0.5, 0.6) is 0 Å². The topological polar surface area (TPSA) is 33.1 Å². The van der Waals surface area contributed by atoms with Crippen LogP contribution in [-0.2, 0) is 13.1 Å². The molecular weight excluding hydrogens is 236 g/mol. The molecular formula is C15H30N4. The summed E-state index contributed by atoms with van der Waals surface area (Å²) in [5.74, 6) is 0. The number of hydrogen-bond acceptors (Lipinski definition) is 3. The number of imidazole rings is 1. The summed E-state index contributed by atoms with van der Waals surface area (Å²) in [7, 11) is 4.25. The first-order valence-electron chi connectivity index (χ1n) is 6.98. The molecule has 4 heteroatoms. The first-order chi connectivity index (χ1) is 8.59. The van der Waals surface area contributed by atoms with E-state index in [4.69, 9.17) is 0 Å². The lowest BCUT2D eigenvalue weighted by Gasteiger charge is -2.29. The van der Waals surface area contributed by atoms with Crippen LogP contribution in [-0.4, -0.2) is 40.6 Å². The smallest absolute Gasteiger partial charge is 0.0948 e. The maximum absolute atomic E-state index is 4.30. The Morgan fingerprint density at radius 1 is 1.21 bits per heavy atom. The second kappa shape index (κ2) is 6.06. The summed E-state index contributed by atoms with van der Waals surface area (Å²) in [6, 6.07) is 0. The molecule has 0 aromatic carbocycles. The van der Waals surface area contributed by atoms with Gasteiger partial charge in [0.25, 0.3) is 0 Å². The highest BCUT2D eigenvalue weighted by atomic mass is 15.1. The van der Waals surface area contributed by atoms with E-state index >= 15 is 0 Å². The van der Waals surface area contributed by atoms with Gasteiger partial charge in [0, 0.05) is 31.4 Å². The van der Waals surface area contributed by atoms with Crippen molar-refractivity contribution >= 4 is 0 Å². The van der Waals surface area contributed by atoms with Crippen molar-refractivity contribution in [3.63, 3.8) is 0 Å². The summed E-state index contributed by atoms with van der Waals surface area (Å²) in [5.41, 5.74) is 1.62. The molecule has 4 nitrogen and oxygen atoms in total. The lowest BCUT2D eigenvalue weighted by Crippen LogP contribution is -2.36. The molecule has 0 saturated heterocycles. The number of nitrogens with zero attached hydrogens (tertiary/aromatic N) is 3. The highest BCUT2D eigenvalue weighted by molar-refractivity contribution is 5.00. The third-order valence-corrected chi connectivity index (χ3v) is 2.94. The molecule has 0 aliphatic rings. The molecule has 0 aliphatic carbocycles. The minimum absolute atomic E-state index is 0.133. The molecule has 1 aromatic rings. The van der Waals surface area contributed by atoms with Gasteiger partial charge in [-0.2, -0.15) is 0 Å². The fraction of sp³-hybridized carbons (Fsp3) is 0.800. The third kappa shape index (κ3) is 6.21. The first-order valence-corrected chi connectivity index (χ1v) is 6.98. The van der Waals surface area contributed by atoms with Gasteiger partial charge in [-0.1, -0.05) is 13.8 Å². The molecule has 110 valence electrons. The number of aromatic nitrogens is 2. The Morgan fingerprint density at radius 2 is 1.84 bits per heavy atom. The highest BCUT2D eigenvalue weighted by Gasteiger charge is 2.21. The largest absolute Gasteiger partial charge is 0.333 e. The van der Waals surface area contributed by atoms with Gasteiger partial charge in [-0.3, -0.25) is 0 Å². The SMILES string of the molecule is CN(C)CC(C)(C)Cn1cncc1CNC(C)(C)C. The predicted octanol–water partition coefficient (Wildman–Crippen LogP) is 2.36. The summed E-state index contributed by atoms with van der Waals surface area (Å²) < 4.78 is 2.27. The lowest BCUT2D eigenvalue weighted by atomic mass is 9.93. The molecule has 0 unspecified atom stereocenters. The van der Waals surface area contributed by atoms with Crippen LogP contribution in [0.1, 0.15) is 40.3 Å². The standard InChI is InChI=1S/C15H30N4/c1-14(2,3)17-9-13-8-16-12-19(13)11-15(4,5)10-18(6)7/h8,12,17H,9-11H2,1-7H3. The van der Waals surface area contributed by atoms with Crippen molar-refractivity contribution in [1.29, 1.82) is 0 Å². The predicted molar refractivity (Wildman–Crippen MR) is 81.2 cm³/mol. The van der Waals surface area contributed by atoms with Crippen LogP contribution in [0, 0.1) is 5.41 Å². The van der Waals surface area contributed by atoms with Crippen LogP contribution in [0.25, 0.3) is 0 Å². The van der Waals surface area contributed by atoms with E-state index in [1.807, 2.05) is 12.5 Å². The maximum Gasteiger partial charge on any atom is 0.0948 e. The first kappa shape index (κ1) is 16.2. The van der Waals surface area contributed by atoms with Crippen molar-refractivity contribution in [2.24, 2.45) is 5.41 Å². The van der Waals surface area contributed by atoms with Crippen LogP contribution in [0.15, 0.2) is 12.5 Å². The van der Waals surface area contributed by atoms with Crippen molar-refractivity contribution in [3.05, 3.63) is 18.2 Å². The zero-order valence-corrected chi connectivity index (χ0v) is 13.6. The van der Waals surface area contributed by atoms with Crippen LogP contribution in [0.2, 0.25) is 0 Å². The molecule has 1 rings (SSSR count). The van der Waals surface area contributed by atoms with Crippen LogP contribution < -0.4 is 5.32 Å². The summed E-state index contributed by atoms with van der Waals surface area (Å²) >= 11 is 0. The Kier molecular flexibility index (Phi) is 5.16. The van der Waals surface area contributed by atoms with Gasteiger partial charge in [0.2, 0.25) is 0 Å². The normalized spacial score (nSPS) is 13.3. The van der Waals surface area contributed by atoms with Crippen molar-refractivity contribution in [1.82, 2.24) is 19.8 Å².